The highest BCUT2D eigenvalue weighted by molar-refractivity contribution is 9.10. The molecule has 2 aromatic rings. The van der Waals surface area contributed by atoms with Gasteiger partial charge in [-0.05, 0) is 36.6 Å². The van der Waals surface area contributed by atoms with E-state index in [4.69, 9.17) is 17.4 Å². The van der Waals surface area contributed by atoms with Gasteiger partial charge in [0.1, 0.15) is 0 Å². The average Bonchev–Trinajstić information content (AvgIpc) is 2.78. The van der Waals surface area contributed by atoms with E-state index >= 15 is 0 Å². The van der Waals surface area contributed by atoms with Crippen LogP contribution < -0.4 is 11.3 Å². The number of benzene rings is 1. The van der Waals surface area contributed by atoms with E-state index in [-0.39, 0.29) is 6.04 Å². The monoisotopic (exact) mass is 342 g/mol. The molecule has 1 aromatic carbocycles. The summed E-state index contributed by atoms with van der Waals surface area (Å²) in [5.74, 6) is 5.66. The van der Waals surface area contributed by atoms with Crippen LogP contribution in [0, 0.1) is 0 Å². The molecule has 0 aliphatic rings. The van der Waals surface area contributed by atoms with Gasteiger partial charge in [-0.3, -0.25) is 16.0 Å². The minimum absolute atomic E-state index is 0.0709. The molecule has 1 heterocycles. The molecule has 0 amide bonds. The van der Waals surface area contributed by atoms with E-state index in [1.807, 2.05) is 36.0 Å². The first kappa shape index (κ1) is 14.5. The third kappa shape index (κ3) is 3.57. The van der Waals surface area contributed by atoms with Gasteiger partial charge in [0.15, 0.2) is 0 Å². The van der Waals surface area contributed by atoms with E-state index in [0.29, 0.717) is 5.02 Å². The fourth-order valence-corrected chi connectivity index (χ4v) is 3.01. The van der Waals surface area contributed by atoms with Crippen molar-refractivity contribution in [2.24, 2.45) is 12.9 Å². The number of hydrogen-bond donors (Lipinski definition) is 2. The van der Waals surface area contributed by atoms with Crippen molar-refractivity contribution in [1.82, 2.24) is 15.2 Å². The number of halogens is 2. The van der Waals surface area contributed by atoms with E-state index in [0.717, 1.165) is 22.9 Å². The smallest absolute Gasteiger partial charge is 0.0492 e. The lowest BCUT2D eigenvalue weighted by Gasteiger charge is -2.18. The molecule has 0 bridgehead atoms. The van der Waals surface area contributed by atoms with E-state index < -0.39 is 0 Å². The topological polar surface area (TPSA) is 55.9 Å². The highest BCUT2D eigenvalue weighted by Crippen LogP contribution is 2.28. The number of rotatable bonds is 5. The van der Waals surface area contributed by atoms with Crippen LogP contribution in [-0.4, -0.2) is 9.78 Å². The van der Waals surface area contributed by atoms with Crippen LogP contribution in [-0.2, 0) is 13.5 Å². The minimum Gasteiger partial charge on any atom is -0.273 e. The summed E-state index contributed by atoms with van der Waals surface area (Å²) in [5, 5.41) is 4.87. The van der Waals surface area contributed by atoms with E-state index in [2.05, 4.69) is 26.5 Å². The molecule has 0 aliphatic heterocycles. The number of hydrazine groups is 1. The number of aromatic nitrogens is 2. The molecule has 1 aromatic heterocycles. The number of aryl methyl sites for hydroxylation is 2. The van der Waals surface area contributed by atoms with Crippen LogP contribution in [0.15, 0.2) is 34.9 Å². The Labute approximate surface area is 126 Å². The van der Waals surface area contributed by atoms with Gasteiger partial charge in [0.05, 0.1) is 0 Å². The molecule has 1 unspecified atom stereocenters. The number of nitrogens with one attached hydrogen (secondary N) is 1. The summed E-state index contributed by atoms with van der Waals surface area (Å²) in [5.41, 5.74) is 5.15. The molecule has 19 heavy (non-hydrogen) atoms. The molecule has 0 saturated carbocycles. The third-order valence-corrected chi connectivity index (χ3v) is 4.07. The van der Waals surface area contributed by atoms with E-state index in [1.165, 1.54) is 5.69 Å². The number of nitrogens with zero attached hydrogens (tertiary/aromatic N) is 2. The molecule has 0 radical (unpaired) electrons. The van der Waals surface area contributed by atoms with Crippen LogP contribution >= 0.6 is 27.5 Å². The Bertz CT molecular complexity index is 555. The van der Waals surface area contributed by atoms with Crippen molar-refractivity contribution in [3.05, 3.63) is 51.2 Å². The van der Waals surface area contributed by atoms with Gasteiger partial charge in [-0.15, -0.1) is 0 Å². The second kappa shape index (κ2) is 6.52. The van der Waals surface area contributed by atoms with Gasteiger partial charge in [-0.1, -0.05) is 33.6 Å². The second-order valence-corrected chi connectivity index (χ2v) is 5.66. The maximum absolute atomic E-state index is 5.95. The first-order valence-corrected chi connectivity index (χ1v) is 7.17. The lowest BCUT2D eigenvalue weighted by Crippen LogP contribution is -2.28. The van der Waals surface area contributed by atoms with Crippen molar-refractivity contribution < 1.29 is 0 Å². The fraction of sp³-hybridized carbons (Fsp3) is 0.308. The van der Waals surface area contributed by atoms with Crippen LogP contribution in [0.25, 0.3) is 0 Å². The van der Waals surface area contributed by atoms with Gasteiger partial charge >= 0.3 is 0 Å². The molecule has 102 valence electrons. The number of nitrogens with two attached hydrogens (primary N) is 1. The summed E-state index contributed by atoms with van der Waals surface area (Å²) in [6, 6.07) is 7.83. The SMILES string of the molecule is Cn1nccc1CCC(NN)c1ccc(Cl)cc1Br. The standard InChI is InChI=1S/C13H16BrClN4/c1-19-10(6-7-17-19)3-5-13(18-16)11-4-2-9(15)8-12(11)14/h2,4,6-8,13,18H,3,5,16H2,1H3. The van der Waals surface area contributed by atoms with Crippen molar-refractivity contribution in [3.8, 4) is 0 Å². The van der Waals surface area contributed by atoms with Gasteiger partial charge in [-0.2, -0.15) is 5.10 Å². The Hall–Kier alpha value is -0.880. The largest absolute Gasteiger partial charge is 0.273 e. The lowest BCUT2D eigenvalue weighted by atomic mass is 10.0. The van der Waals surface area contributed by atoms with Gasteiger partial charge in [0, 0.05) is 34.5 Å². The Morgan fingerprint density at radius 1 is 1.47 bits per heavy atom. The lowest BCUT2D eigenvalue weighted by molar-refractivity contribution is 0.505. The molecular formula is C13H16BrClN4. The molecule has 0 spiro atoms. The highest BCUT2D eigenvalue weighted by atomic mass is 79.9. The summed E-state index contributed by atoms with van der Waals surface area (Å²) in [4.78, 5) is 0. The van der Waals surface area contributed by atoms with Crippen molar-refractivity contribution in [2.75, 3.05) is 0 Å². The molecule has 4 nitrogen and oxygen atoms in total. The van der Waals surface area contributed by atoms with Crippen molar-refractivity contribution in [1.29, 1.82) is 0 Å². The zero-order valence-corrected chi connectivity index (χ0v) is 12.9. The van der Waals surface area contributed by atoms with Crippen LogP contribution in [0.5, 0.6) is 0 Å². The molecule has 6 heteroatoms. The normalized spacial score (nSPS) is 12.6. The first-order chi connectivity index (χ1) is 9.11. The van der Waals surface area contributed by atoms with Gasteiger partial charge < -0.3 is 0 Å². The fourth-order valence-electron chi connectivity index (χ4n) is 2.05. The summed E-state index contributed by atoms with van der Waals surface area (Å²) in [6.07, 6.45) is 3.59. The van der Waals surface area contributed by atoms with Crippen LogP contribution in [0.4, 0.5) is 0 Å². The van der Waals surface area contributed by atoms with Crippen LogP contribution in [0.3, 0.4) is 0 Å². The predicted molar refractivity (Wildman–Crippen MR) is 80.7 cm³/mol. The molecule has 0 saturated heterocycles. The quantitative estimate of drug-likeness (QED) is 0.648. The van der Waals surface area contributed by atoms with E-state index in [1.54, 1.807) is 6.20 Å². The third-order valence-electron chi connectivity index (χ3n) is 3.15. The van der Waals surface area contributed by atoms with E-state index in [9.17, 15) is 0 Å². The molecule has 0 aliphatic carbocycles. The van der Waals surface area contributed by atoms with Gasteiger partial charge in [-0.25, -0.2) is 0 Å². The van der Waals surface area contributed by atoms with Crippen molar-refractivity contribution in [3.63, 3.8) is 0 Å². The Morgan fingerprint density at radius 2 is 2.26 bits per heavy atom. The summed E-state index contributed by atoms with van der Waals surface area (Å²) < 4.78 is 2.85. The Morgan fingerprint density at radius 3 is 2.84 bits per heavy atom. The molecular weight excluding hydrogens is 328 g/mol. The van der Waals surface area contributed by atoms with Gasteiger partial charge in [0.25, 0.3) is 0 Å². The highest BCUT2D eigenvalue weighted by Gasteiger charge is 2.14. The Kier molecular flexibility index (Phi) is 4.99. The maximum atomic E-state index is 5.95. The summed E-state index contributed by atoms with van der Waals surface area (Å²) >= 11 is 9.47. The second-order valence-electron chi connectivity index (χ2n) is 4.37. The molecule has 0 fully saturated rings. The number of hydrogen-bond acceptors (Lipinski definition) is 3. The average molecular weight is 344 g/mol. The van der Waals surface area contributed by atoms with Crippen molar-refractivity contribution >= 4 is 27.5 Å². The molecule has 1 atom stereocenters. The predicted octanol–water partition coefficient (Wildman–Crippen LogP) is 2.97. The minimum atomic E-state index is 0.0709. The Balaban J connectivity index is 2.10. The first-order valence-electron chi connectivity index (χ1n) is 5.99. The van der Waals surface area contributed by atoms with Gasteiger partial charge in [0.2, 0.25) is 0 Å². The maximum Gasteiger partial charge on any atom is 0.0492 e. The molecule has 2 rings (SSSR count). The molecule has 3 N–H and O–H groups in total. The summed E-state index contributed by atoms with van der Waals surface area (Å²) in [7, 11) is 1.94. The van der Waals surface area contributed by atoms with Crippen molar-refractivity contribution in [2.45, 2.75) is 18.9 Å². The zero-order chi connectivity index (χ0) is 13.8. The van der Waals surface area contributed by atoms with Crippen LogP contribution in [0.1, 0.15) is 23.7 Å². The summed E-state index contributed by atoms with van der Waals surface area (Å²) in [6.45, 7) is 0. The zero-order valence-electron chi connectivity index (χ0n) is 10.6. The van der Waals surface area contributed by atoms with Crippen LogP contribution in [0.2, 0.25) is 5.02 Å².